The number of anilines is 5. The van der Waals surface area contributed by atoms with E-state index < -0.39 is 5.91 Å². The molecule has 0 saturated carbocycles. The van der Waals surface area contributed by atoms with Gasteiger partial charge in [-0.2, -0.15) is 5.10 Å². The number of piperazine rings is 1. The largest absolute Gasteiger partial charge is 0.496 e. The quantitative estimate of drug-likeness (QED) is 0.135. The van der Waals surface area contributed by atoms with Crippen molar-refractivity contribution in [1.82, 2.24) is 30.3 Å². The lowest BCUT2D eigenvalue weighted by Gasteiger charge is -2.40. The molecule has 0 aliphatic carbocycles. The topological polar surface area (TPSA) is 183 Å². The number of carbonyl (C=O) groups excluding carboxylic acids is 4. The number of imide groups is 1. The summed E-state index contributed by atoms with van der Waals surface area (Å²) in [6.07, 6.45) is 6.40. The van der Waals surface area contributed by atoms with E-state index in [1.54, 1.807) is 17.2 Å². The third-order valence-corrected chi connectivity index (χ3v) is 12.9. The van der Waals surface area contributed by atoms with E-state index in [0.717, 1.165) is 93.1 Å². The van der Waals surface area contributed by atoms with Crippen molar-refractivity contribution in [2.75, 3.05) is 79.5 Å². The molecule has 3 fully saturated rings. The minimum Gasteiger partial charge on any atom is -0.496 e. The Morgan fingerprint density at radius 1 is 0.841 bits per heavy atom. The van der Waals surface area contributed by atoms with Gasteiger partial charge in [0.25, 0.3) is 11.8 Å². The number of nitrogens with two attached hydrogens (primary N) is 1. The molecule has 16 nitrogen and oxygen atoms in total. The van der Waals surface area contributed by atoms with Crippen LogP contribution in [0, 0.1) is 5.92 Å². The van der Waals surface area contributed by atoms with Crippen molar-refractivity contribution in [3.05, 3.63) is 107 Å². The summed E-state index contributed by atoms with van der Waals surface area (Å²) in [5, 5.41) is 13.8. The number of hydrogen-bond acceptors (Lipinski definition) is 11. The summed E-state index contributed by atoms with van der Waals surface area (Å²) in [6, 6.07) is 23.2. The number of amides is 5. The van der Waals surface area contributed by atoms with Crippen LogP contribution in [0.25, 0.3) is 11.3 Å². The molecule has 3 saturated heterocycles. The number of fused-ring (bicyclic) bond motifs is 2. The summed E-state index contributed by atoms with van der Waals surface area (Å²) in [5.74, 6) is 0.611. The van der Waals surface area contributed by atoms with Crippen LogP contribution < -0.4 is 41.1 Å². The Kier molecular flexibility index (Phi) is 11.7. The van der Waals surface area contributed by atoms with Gasteiger partial charge in [-0.1, -0.05) is 24.3 Å². The summed E-state index contributed by atoms with van der Waals surface area (Å²) in [7, 11) is 1.52. The van der Waals surface area contributed by atoms with Crippen LogP contribution >= 0.6 is 0 Å². The number of pyridine rings is 1. The number of piperidine rings is 1. The Balaban J connectivity index is 0.779. The lowest BCUT2D eigenvalue weighted by atomic mass is 9.95. The van der Waals surface area contributed by atoms with Crippen LogP contribution in [0.15, 0.2) is 85.2 Å². The molecule has 3 aromatic carbocycles. The van der Waals surface area contributed by atoms with Crippen LogP contribution in [0.1, 0.15) is 64.1 Å². The Labute approximate surface area is 366 Å². The molecule has 63 heavy (non-hydrogen) atoms. The van der Waals surface area contributed by atoms with Gasteiger partial charge < -0.3 is 30.9 Å². The zero-order chi connectivity index (χ0) is 43.6. The number of carbonyl (C=O) groups is 4. The van der Waals surface area contributed by atoms with Crippen molar-refractivity contribution >= 4 is 52.3 Å². The van der Waals surface area contributed by atoms with Gasteiger partial charge in [0.05, 0.1) is 18.7 Å². The van der Waals surface area contributed by atoms with Crippen LogP contribution in [0.4, 0.5) is 33.4 Å². The first-order valence-corrected chi connectivity index (χ1v) is 21.7. The molecular formula is C47H53N11O5. The van der Waals surface area contributed by atoms with Gasteiger partial charge in [0, 0.05) is 106 Å². The molecule has 4 aliphatic heterocycles. The van der Waals surface area contributed by atoms with Gasteiger partial charge >= 0.3 is 6.03 Å². The number of nitrogens with one attached hydrogen (secondary N) is 3. The molecule has 0 spiro atoms. The van der Waals surface area contributed by atoms with E-state index >= 15 is 0 Å². The maximum atomic E-state index is 13.0. The molecule has 4 aliphatic rings. The number of ether oxygens (including phenoxy) is 1. The van der Waals surface area contributed by atoms with Gasteiger partial charge in [-0.15, -0.1) is 0 Å². The molecule has 9 rings (SSSR count). The average molecular weight is 852 g/mol. The van der Waals surface area contributed by atoms with Crippen molar-refractivity contribution < 1.29 is 23.9 Å². The van der Waals surface area contributed by atoms with Gasteiger partial charge in [0.1, 0.15) is 22.8 Å². The Bertz CT molecular complexity index is 2510. The van der Waals surface area contributed by atoms with Gasteiger partial charge in [0.2, 0.25) is 5.91 Å². The van der Waals surface area contributed by atoms with Crippen molar-refractivity contribution in [3.63, 3.8) is 0 Å². The van der Waals surface area contributed by atoms with E-state index in [4.69, 9.17) is 15.6 Å². The summed E-state index contributed by atoms with van der Waals surface area (Å²) in [6.45, 7) is 9.96. The van der Waals surface area contributed by atoms with Crippen LogP contribution in [-0.2, 0) is 17.8 Å². The molecule has 6 heterocycles. The first-order chi connectivity index (χ1) is 30.6. The van der Waals surface area contributed by atoms with Crippen molar-refractivity contribution in [2.45, 2.75) is 45.2 Å². The minimum atomic E-state index is -0.561. The molecule has 0 radical (unpaired) electrons. The zero-order valence-corrected chi connectivity index (χ0v) is 35.7. The maximum absolute atomic E-state index is 13.0. The molecule has 5 N–H and O–H groups in total. The number of benzene rings is 3. The second-order valence-corrected chi connectivity index (χ2v) is 16.8. The van der Waals surface area contributed by atoms with E-state index in [2.05, 4.69) is 66.0 Å². The van der Waals surface area contributed by atoms with E-state index in [9.17, 15) is 19.2 Å². The molecule has 326 valence electrons. The standard InChI is InChI=1S/C47H53N11O5/c1-30(50-46(61)38-28-49-18-13-40(38)63-2)32-3-5-33(6-4-32)43-42(44(48)60)45-51-39-12-11-37(27-34(39)16-22-58(45)53-43)56-25-23-54(24-26-56)29-31-14-19-55(20-15-31)35-7-9-36(10-8-35)57-21-17-41(59)52-47(57)62/h3-13,18,27-28,30-31,51H,14-17,19-26,29H2,1-2H3,(H2,48,60)(H,50,61)(H,52,59,62)/t30-/m1/s1. The molecule has 1 atom stereocenters. The second kappa shape index (κ2) is 17.8. The number of hydrogen-bond donors (Lipinski definition) is 4. The highest BCUT2D eigenvalue weighted by molar-refractivity contribution is 6.06. The van der Waals surface area contributed by atoms with E-state index in [1.807, 2.05) is 48.0 Å². The van der Waals surface area contributed by atoms with Gasteiger partial charge in [-0.3, -0.25) is 34.5 Å². The van der Waals surface area contributed by atoms with Gasteiger partial charge in [0.15, 0.2) is 0 Å². The number of primary amides is 1. The van der Waals surface area contributed by atoms with E-state index in [-0.39, 0.29) is 23.9 Å². The van der Waals surface area contributed by atoms with Crippen molar-refractivity contribution in [1.29, 1.82) is 0 Å². The predicted molar refractivity (Wildman–Crippen MR) is 242 cm³/mol. The summed E-state index contributed by atoms with van der Waals surface area (Å²) in [4.78, 5) is 63.0. The third kappa shape index (κ3) is 8.76. The average Bonchev–Trinajstić information content (AvgIpc) is 3.57. The predicted octanol–water partition coefficient (Wildman–Crippen LogP) is 5.33. The fraction of sp³-hybridized carbons (Fsp3) is 0.362. The Hall–Kier alpha value is -6.94. The molecule has 5 amide bonds. The molecule has 16 heteroatoms. The Morgan fingerprint density at radius 2 is 1.56 bits per heavy atom. The third-order valence-electron chi connectivity index (χ3n) is 12.9. The van der Waals surface area contributed by atoms with Crippen LogP contribution in [0.5, 0.6) is 5.75 Å². The van der Waals surface area contributed by atoms with Gasteiger partial charge in [-0.25, -0.2) is 9.48 Å². The van der Waals surface area contributed by atoms with Crippen LogP contribution in [-0.4, -0.2) is 103 Å². The number of urea groups is 1. The number of nitrogens with zero attached hydrogens (tertiary/aromatic N) is 7. The van der Waals surface area contributed by atoms with Crippen molar-refractivity contribution in [3.8, 4) is 17.0 Å². The normalized spacial score (nSPS) is 17.5. The lowest BCUT2D eigenvalue weighted by molar-refractivity contribution is -0.120. The van der Waals surface area contributed by atoms with Crippen molar-refractivity contribution in [2.24, 2.45) is 11.7 Å². The lowest BCUT2D eigenvalue weighted by Crippen LogP contribution is -2.49. The number of methoxy groups -OCH3 is 1. The highest BCUT2D eigenvalue weighted by Crippen LogP contribution is 2.37. The fourth-order valence-corrected chi connectivity index (χ4v) is 9.24. The maximum Gasteiger partial charge on any atom is 0.328 e. The van der Waals surface area contributed by atoms with E-state index in [0.29, 0.717) is 53.8 Å². The molecule has 5 aromatic rings. The number of aryl methyl sites for hydroxylation is 2. The molecule has 0 unspecified atom stereocenters. The van der Waals surface area contributed by atoms with E-state index in [1.165, 1.54) is 24.7 Å². The minimum absolute atomic E-state index is 0.225. The monoisotopic (exact) mass is 851 g/mol. The second-order valence-electron chi connectivity index (χ2n) is 16.8. The number of aromatic nitrogens is 3. The fourth-order valence-electron chi connectivity index (χ4n) is 9.24. The summed E-state index contributed by atoms with van der Waals surface area (Å²) in [5.41, 5.74) is 14.1. The van der Waals surface area contributed by atoms with Crippen LogP contribution in [0.2, 0.25) is 0 Å². The molecule has 2 aromatic heterocycles. The smallest absolute Gasteiger partial charge is 0.328 e. The highest BCUT2D eigenvalue weighted by atomic mass is 16.5. The summed E-state index contributed by atoms with van der Waals surface area (Å²) < 4.78 is 7.16. The van der Waals surface area contributed by atoms with Gasteiger partial charge in [-0.05, 0) is 91.8 Å². The first kappa shape index (κ1) is 41.4. The first-order valence-electron chi connectivity index (χ1n) is 21.7. The molecule has 0 bridgehead atoms. The SMILES string of the molecule is COc1ccncc1C(=O)N[C@H](C)c1ccc(-c2nn3c(c2C(N)=O)Nc2ccc(N4CCN(CC5CCN(c6ccc(N7CCC(=O)NC7=O)cc6)CC5)CC4)cc2CC3)cc1. The highest BCUT2D eigenvalue weighted by Gasteiger charge is 2.29. The summed E-state index contributed by atoms with van der Waals surface area (Å²) >= 11 is 0. The van der Waals surface area contributed by atoms with Crippen LogP contribution in [0.3, 0.4) is 0 Å². The number of rotatable bonds is 11. The Morgan fingerprint density at radius 3 is 2.27 bits per heavy atom. The molecular weight excluding hydrogens is 799 g/mol. The zero-order valence-electron chi connectivity index (χ0n) is 35.7.